The number of hydrogen-bond donors (Lipinski definition) is 2. The molecule has 29 heavy (non-hydrogen) atoms. The number of aromatic nitrogens is 3. The molecule has 2 aromatic heterocycles. The van der Waals surface area contributed by atoms with E-state index in [2.05, 4.69) is 31.0 Å². The zero-order valence-corrected chi connectivity index (χ0v) is 16.5. The van der Waals surface area contributed by atoms with Crippen LogP contribution in [0.2, 0.25) is 5.15 Å². The molecule has 2 aromatic rings. The monoisotopic (exact) mass is 418 g/mol. The van der Waals surface area contributed by atoms with E-state index in [0.29, 0.717) is 11.5 Å². The van der Waals surface area contributed by atoms with Crippen LogP contribution in [0.15, 0.2) is 47.8 Å². The molecule has 0 aliphatic heterocycles. The quantitative estimate of drug-likeness (QED) is 0.270. The molecule has 0 amide bonds. The SMILES string of the molecule is CCOC(=O)/C(=C\NC(/C=N/Nc1ccc(Cl)nn1)C(=O)OC)c1ccccn1. The summed E-state index contributed by atoms with van der Waals surface area (Å²) in [6.07, 6.45) is 4.12. The zero-order valence-electron chi connectivity index (χ0n) is 15.7. The fourth-order valence-corrected chi connectivity index (χ4v) is 2.09. The number of hydrazone groups is 1. The van der Waals surface area contributed by atoms with Gasteiger partial charge in [-0.1, -0.05) is 17.7 Å². The number of carbonyl (C=O) groups is 2. The first-order chi connectivity index (χ1) is 14.0. The third-order valence-corrected chi connectivity index (χ3v) is 3.53. The highest BCUT2D eigenvalue weighted by atomic mass is 35.5. The molecule has 1 atom stereocenters. The largest absolute Gasteiger partial charge is 0.467 e. The average molecular weight is 419 g/mol. The van der Waals surface area contributed by atoms with E-state index in [1.807, 2.05) is 0 Å². The van der Waals surface area contributed by atoms with Crippen LogP contribution >= 0.6 is 11.6 Å². The van der Waals surface area contributed by atoms with Crippen LogP contribution in [0.1, 0.15) is 12.6 Å². The van der Waals surface area contributed by atoms with Gasteiger partial charge in [-0.05, 0) is 31.2 Å². The van der Waals surface area contributed by atoms with Crippen molar-refractivity contribution < 1.29 is 19.1 Å². The summed E-state index contributed by atoms with van der Waals surface area (Å²) in [5.74, 6) is -0.891. The molecule has 0 aliphatic carbocycles. The van der Waals surface area contributed by atoms with E-state index in [1.54, 1.807) is 37.4 Å². The van der Waals surface area contributed by atoms with Crippen molar-refractivity contribution in [2.75, 3.05) is 19.1 Å². The number of esters is 2. The number of rotatable bonds is 9. The van der Waals surface area contributed by atoms with E-state index < -0.39 is 18.0 Å². The minimum Gasteiger partial charge on any atom is -0.467 e. The van der Waals surface area contributed by atoms with E-state index >= 15 is 0 Å². The first kappa shape index (κ1) is 21.8. The second-order valence-electron chi connectivity index (χ2n) is 5.29. The van der Waals surface area contributed by atoms with Crippen molar-refractivity contribution in [1.29, 1.82) is 0 Å². The number of hydrogen-bond acceptors (Lipinski definition) is 10. The summed E-state index contributed by atoms with van der Waals surface area (Å²) in [5.41, 5.74) is 3.14. The molecule has 0 saturated carbocycles. The fourth-order valence-electron chi connectivity index (χ4n) is 1.99. The van der Waals surface area contributed by atoms with Gasteiger partial charge >= 0.3 is 11.9 Å². The molecule has 0 aromatic carbocycles. The highest BCUT2D eigenvalue weighted by molar-refractivity contribution is 6.29. The number of ether oxygens (including phenoxy) is 2. The summed E-state index contributed by atoms with van der Waals surface area (Å²) in [6, 6.07) is 7.19. The van der Waals surface area contributed by atoms with Gasteiger partial charge in [0.25, 0.3) is 0 Å². The van der Waals surface area contributed by atoms with Crippen molar-refractivity contribution in [2.24, 2.45) is 5.10 Å². The van der Waals surface area contributed by atoms with Gasteiger partial charge in [-0.2, -0.15) is 5.10 Å². The van der Waals surface area contributed by atoms with Gasteiger partial charge in [0.05, 0.1) is 25.6 Å². The van der Waals surface area contributed by atoms with Gasteiger partial charge in [0, 0.05) is 12.4 Å². The number of nitrogens with one attached hydrogen (secondary N) is 2. The van der Waals surface area contributed by atoms with E-state index in [4.69, 9.17) is 21.1 Å². The van der Waals surface area contributed by atoms with Crippen LogP contribution < -0.4 is 10.7 Å². The van der Waals surface area contributed by atoms with Crippen LogP contribution in [0, 0.1) is 0 Å². The summed E-state index contributed by atoms with van der Waals surface area (Å²) in [4.78, 5) is 28.4. The highest BCUT2D eigenvalue weighted by Crippen LogP contribution is 2.12. The van der Waals surface area contributed by atoms with E-state index in [9.17, 15) is 9.59 Å². The summed E-state index contributed by atoms with van der Waals surface area (Å²) >= 11 is 5.67. The highest BCUT2D eigenvalue weighted by Gasteiger charge is 2.19. The minimum absolute atomic E-state index is 0.145. The normalized spacial score (nSPS) is 12.3. The topological polar surface area (TPSA) is 128 Å². The molecule has 0 bridgehead atoms. The first-order valence-corrected chi connectivity index (χ1v) is 8.84. The van der Waals surface area contributed by atoms with Crippen LogP contribution in [-0.2, 0) is 19.1 Å². The maximum atomic E-state index is 12.3. The Morgan fingerprint density at radius 2 is 2.10 bits per heavy atom. The molecular weight excluding hydrogens is 400 g/mol. The van der Waals surface area contributed by atoms with Crippen molar-refractivity contribution in [3.63, 3.8) is 0 Å². The predicted molar refractivity (Wildman–Crippen MR) is 107 cm³/mol. The van der Waals surface area contributed by atoms with Crippen molar-refractivity contribution in [1.82, 2.24) is 20.5 Å². The van der Waals surface area contributed by atoms with Crippen LogP contribution in [0.5, 0.6) is 0 Å². The second-order valence-corrected chi connectivity index (χ2v) is 5.68. The number of methoxy groups -OCH3 is 1. The van der Waals surface area contributed by atoms with Crippen molar-refractivity contribution in [3.05, 3.63) is 53.6 Å². The first-order valence-electron chi connectivity index (χ1n) is 8.46. The Bertz CT molecular complexity index is 874. The Morgan fingerprint density at radius 1 is 1.28 bits per heavy atom. The van der Waals surface area contributed by atoms with E-state index in [0.717, 1.165) is 0 Å². The predicted octanol–water partition coefficient (Wildman–Crippen LogP) is 1.66. The van der Waals surface area contributed by atoms with Gasteiger partial charge in [-0.25, -0.2) is 9.59 Å². The standard InChI is InChI=1S/C18H19ClN6O4/c1-3-29-17(26)12(13-6-4-5-9-20-13)10-21-14(18(27)28-2)11-22-24-16-8-7-15(19)23-25-16/h4-11,14,21H,3H2,1-2H3,(H,24,25)/b12-10-,22-11+. The minimum atomic E-state index is -0.999. The molecule has 2 rings (SSSR count). The summed E-state index contributed by atoms with van der Waals surface area (Å²) in [6.45, 7) is 1.88. The van der Waals surface area contributed by atoms with Crippen molar-refractivity contribution in [2.45, 2.75) is 13.0 Å². The lowest BCUT2D eigenvalue weighted by atomic mass is 10.2. The smallest absolute Gasteiger partial charge is 0.341 e. The maximum Gasteiger partial charge on any atom is 0.341 e. The van der Waals surface area contributed by atoms with E-state index in [-0.39, 0.29) is 17.3 Å². The Hall–Kier alpha value is -3.53. The molecule has 2 N–H and O–H groups in total. The molecular formula is C18H19ClN6O4. The Labute approximate surface area is 172 Å². The Morgan fingerprint density at radius 3 is 2.72 bits per heavy atom. The average Bonchev–Trinajstić information content (AvgIpc) is 2.74. The van der Waals surface area contributed by atoms with Crippen LogP contribution in [0.25, 0.3) is 5.57 Å². The Kier molecular flexibility index (Phi) is 8.51. The van der Waals surface area contributed by atoms with Crippen LogP contribution in [0.4, 0.5) is 5.82 Å². The molecule has 0 radical (unpaired) electrons. The van der Waals surface area contributed by atoms with Gasteiger partial charge < -0.3 is 14.8 Å². The van der Waals surface area contributed by atoms with Gasteiger partial charge in [0.1, 0.15) is 5.57 Å². The number of halogens is 1. The lowest BCUT2D eigenvalue weighted by Crippen LogP contribution is -2.36. The third kappa shape index (κ3) is 6.85. The van der Waals surface area contributed by atoms with Gasteiger partial charge in [0.2, 0.25) is 0 Å². The molecule has 1 unspecified atom stereocenters. The molecule has 11 heteroatoms. The fraction of sp³-hybridized carbons (Fsp3) is 0.222. The lowest BCUT2D eigenvalue weighted by molar-refractivity contribution is -0.141. The number of anilines is 1. The zero-order chi connectivity index (χ0) is 21.1. The van der Waals surface area contributed by atoms with Crippen molar-refractivity contribution in [3.8, 4) is 0 Å². The third-order valence-electron chi connectivity index (χ3n) is 3.33. The van der Waals surface area contributed by atoms with Crippen LogP contribution in [-0.4, -0.2) is 53.1 Å². The molecule has 0 saturated heterocycles. The second kappa shape index (κ2) is 11.3. The molecule has 0 fully saturated rings. The summed E-state index contributed by atoms with van der Waals surface area (Å²) in [5, 5.41) is 14.4. The lowest BCUT2D eigenvalue weighted by Gasteiger charge is -2.12. The Balaban J connectivity index is 2.17. The van der Waals surface area contributed by atoms with Gasteiger partial charge in [-0.3, -0.25) is 10.4 Å². The molecule has 0 aliphatic rings. The van der Waals surface area contributed by atoms with Gasteiger partial charge in [-0.15, -0.1) is 10.2 Å². The molecule has 2 heterocycles. The molecule has 0 spiro atoms. The van der Waals surface area contributed by atoms with Crippen LogP contribution in [0.3, 0.4) is 0 Å². The maximum absolute atomic E-state index is 12.3. The summed E-state index contributed by atoms with van der Waals surface area (Å²) < 4.78 is 9.80. The van der Waals surface area contributed by atoms with Crippen molar-refractivity contribution >= 4 is 41.1 Å². The van der Waals surface area contributed by atoms with E-state index in [1.165, 1.54) is 25.6 Å². The molecule has 152 valence electrons. The summed E-state index contributed by atoms with van der Waals surface area (Å²) in [7, 11) is 1.23. The number of carbonyl (C=O) groups excluding carboxylic acids is 2. The molecule has 10 nitrogen and oxygen atoms in total. The number of pyridine rings is 1. The van der Waals surface area contributed by atoms with Gasteiger partial charge in [0.15, 0.2) is 17.0 Å². The number of nitrogens with zero attached hydrogens (tertiary/aromatic N) is 4.